The number of aliphatic hydroxyl groups excluding tert-OH is 1. The third-order valence-corrected chi connectivity index (χ3v) is 6.49. The normalized spacial score (nSPS) is 16.1. The fourth-order valence-corrected chi connectivity index (χ4v) is 4.80. The summed E-state index contributed by atoms with van der Waals surface area (Å²) in [6, 6.07) is 14.1. The van der Waals surface area contributed by atoms with E-state index in [0.29, 0.717) is 40.8 Å². The molecule has 1 amide bonds. The number of amides is 1. The molecule has 32 heavy (non-hydrogen) atoms. The molecule has 1 aromatic carbocycles. The lowest BCUT2D eigenvalue weighted by molar-refractivity contribution is -0.129. The molecular weight excluding hydrogens is 426 g/mol. The Labute approximate surface area is 190 Å². The highest BCUT2D eigenvalue weighted by atomic mass is 32.1. The van der Waals surface area contributed by atoms with E-state index in [1.54, 1.807) is 38.4 Å². The molecule has 1 aliphatic rings. The fourth-order valence-electron chi connectivity index (χ4n) is 3.77. The van der Waals surface area contributed by atoms with Crippen molar-refractivity contribution in [3.05, 3.63) is 82.3 Å². The summed E-state index contributed by atoms with van der Waals surface area (Å²) in [7, 11) is 1.59. The lowest BCUT2D eigenvalue weighted by atomic mass is 9.98. The van der Waals surface area contributed by atoms with Gasteiger partial charge in [0.15, 0.2) is 5.76 Å². The van der Waals surface area contributed by atoms with Gasteiger partial charge in [0.2, 0.25) is 5.78 Å². The van der Waals surface area contributed by atoms with Crippen molar-refractivity contribution in [1.82, 2.24) is 14.9 Å². The number of aryl methyl sites for hydroxylation is 1. The van der Waals surface area contributed by atoms with E-state index >= 15 is 0 Å². The number of Topliss-reactive ketones (excluding diaryl/α,β-unsaturated/α-hetero) is 1. The van der Waals surface area contributed by atoms with E-state index in [0.717, 1.165) is 5.56 Å². The predicted molar refractivity (Wildman–Crippen MR) is 121 cm³/mol. The van der Waals surface area contributed by atoms with Crippen LogP contribution in [0, 0.1) is 6.92 Å². The van der Waals surface area contributed by atoms with Crippen LogP contribution in [0.15, 0.2) is 66.1 Å². The van der Waals surface area contributed by atoms with Crippen molar-refractivity contribution in [2.24, 2.45) is 0 Å². The molecule has 7 nitrogen and oxygen atoms in total. The molecule has 0 aliphatic carbocycles. The average Bonchev–Trinajstić information content (AvgIpc) is 3.33. The summed E-state index contributed by atoms with van der Waals surface area (Å²) in [5.74, 6) is -1.51. The number of hydrogen-bond acceptors (Lipinski definition) is 7. The van der Waals surface area contributed by atoms with Crippen LogP contribution in [-0.4, -0.2) is 51.9 Å². The Hall–Kier alpha value is -3.36. The van der Waals surface area contributed by atoms with Crippen molar-refractivity contribution < 1.29 is 19.4 Å². The van der Waals surface area contributed by atoms with Gasteiger partial charge in [0.1, 0.15) is 11.0 Å². The van der Waals surface area contributed by atoms with Crippen molar-refractivity contribution in [2.75, 3.05) is 20.3 Å². The highest BCUT2D eigenvalue weighted by Gasteiger charge is 2.44. The van der Waals surface area contributed by atoms with Crippen molar-refractivity contribution in [1.29, 1.82) is 0 Å². The zero-order chi connectivity index (χ0) is 22.7. The summed E-state index contributed by atoms with van der Waals surface area (Å²) >= 11 is 1.25. The maximum absolute atomic E-state index is 13.6. The molecule has 0 saturated carbocycles. The summed E-state index contributed by atoms with van der Waals surface area (Å²) in [6.45, 7) is 2.54. The third-order valence-electron chi connectivity index (χ3n) is 5.29. The van der Waals surface area contributed by atoms with Crippen LogP contribution < -0.4 is 0 Å². The van der Waals surface area contributed by atoms with Crippen LogP contribution in [0.2, 0.25) is 0 Å². The first-order chi connectivity index (χ1) is 15.5. The van der Waals surface area contributed by atoms with Crippen molar-refractivity contribution in [3.63, 3.8) is 0 Å². The molecular formula is C24H23N3O4S. The molecule has 0 radical (unpaired) electrons. The van der Waals surface area contributed by atoms with Crippen LogP contribution >= 0.6 is 11.3 Å². The Morgan fingerprint density at radius 2 is 1.94 bits per heavy atom. The van der Waals surface area contributed by atoms with Crippen LogP contribution in [0.5, 0.6) is 0 Å². The second kappa shape index (κ2) is 9.42. The SMILES string of the molecule is COCCCN1C(=O)C(O)=C(C(=O)c2sc(-c3ccccc3)nc2C)C1c1ccccn1. The third kappa shape index (κ3) is 4.06. The largest absolute Gasteiger partial charge is 0.503 e. The number of aliphatic hydroxyl groups is 1. The Kier molecular flexibility index (Phi) is 6.43. The van der Waals surface area contributed by atoms with E-state index in [4.69, 9.17) is 4.74 Å². The van der Waals surface area contributed by atoms with Crippen LogP contribution in [0.25, 0.3) is 10.6 Å². The zero-order valence-corrected chi connectivity index (χ0v) is 18.6. The second-order valence-electron chi connectivity index (χ2n) is 7.39. The summed E-state index contributed by atoms with van der Waals surface area (Å²) in [4.78, 5) is 37.4. The minimum atomic E-state index is -0.769. The Morgan fingerprint density at radius 3 is 2.62 bits per heavy atom. The monoisotopic (exact) mass is 449 g/mol. The Bertz CT molecular complexity index is 1160. The molecule has 8 heteroatoms. The average molecular weight is 450 g/mol. The van der Waals surface area contributed by atoms with E-state index < -0.39 is 23.5 Å². The Balaban J connectivity index is 1.74. The number of carbonyl (C=O) groups is 2. The molecule has 164 valence electrons. The van der Waals surface area contributed by atoms with Gasteiger partial charge in [0.05, 0.1) is 21.8 Å². The smallest absolute Gasteiger partial charge is 0.290 e. The van der Waals surface area contributed by atoms with E-state index in [1.807, 2.05) is 30.3 Å². The number of methoxy groups -OCH3 is 1. The molecule has 2 aromatic heterocycles. The maximum atomic E-state index is 13.6. The van der Waals surface area contributed by atoms with Gasteiger partial charge in [0.25, 0.3) is 5.91 Å². The zero-order valence-electron chi connectivity index (χ0n) is 17.8. The van der Waals surface area contributed by atoms with E-state index in [2.05, 4.69) is 9.97 Å². The van der Waals surface area contributed by atoms with Crippen LogP contribution in [0.4, 0.5) is 0 Å². The molecule has 1 N–H and O–H groups in total. The quantitative estimate of drug-likeness (QED) is 0.411. The van der Waals surface area contributed by atoms with Gasteiger partial charge in [-0.05, 0) is 25.5 Å². The van der Waals surface area contributed by atoms with Crippen LogP contribution in [-0.2, 0) is 9.53 Å². The molecule has 0 fully saturated rings. The highest BCUT2D eigenvalue weighted by Crippen LogP contribution is 2.40. The van der Waals surface area contributed by atoms with Gasteiger partial charge in [-0.25, -0.2) is 4.98 Å². The van der Waals surface area contributed by atoms with Crippen LogP contribution in [0.1, 0.15) is 33.5 Å². The lowest BCUT2D eigenvalue weighted by Crippen LogP contribution is -2.33. The number of aromatic nitrogens is 2. The molecule has 3 heterocycles. The number of pyridine rings is 1. The Morgan fingerprint density at radius 1 is 1.19 bits per heavy atom. The molecule has 1 aliphatic heterocycles. The first kappa shape index (κ1) is 21.9. The van der Waals surface area contributed by atoms with Crippen molar-refractivity contribution >= 4 is 23.0 Å². The van der Waals surface area contributed by atoms with Gasteiger partial charge in [0, 0.05) is 32.0 Å². The molecule has 1 unspecified atom stereocenters. The number of ether oxygens (including phenoxy) is 1. The maximum Gasteiger partial charge on any atom is 0.290 e. The van der Waals surface area contributed by atoms with Crippen molar-refractivity contribution in [3.8, 4) is 10.6 Å². The number of hydrogen-bond donors (Lipinski definition) is 1. The first-order valence-electron chi connectivity index (χ1n) is 10.2. The van der Waals surface area contributed by atoms with Gasteiger partial charge in [-0.15, -0.1) is 11.3 Å². The first-order valence-corrected chi connectivity index (χ1v) is 11.1. The number of benzene rings is 1. The fraction of sp³-hybridized carbons (Fsp3) is 0.250. The van der Waals surface area contributed by atoms with E-state index in [-0.39, 0.29) is 5.57 Å². The van der Waals surface area contributed by atoms with E-state index in [1.165, 1.54) is 16.2 Å². The molecule has 0 spiro atoms. The van der Waals surface area contributed by atoms with Gasteiger partial charge in [-0.2, -0.15) is 0 Å². The number of carbonyl (C=O) groups excluding carboxylic acids is 2. The topological polar surface area (TPSA) is 92.6 Å². The number of rotatable bonds is 8. The second-order valence-corrected chi connectivity index (χ2v) is 8.39. The molecule has 1 atom stereocenters. The van der Waals surface area contributed by atoms with Gasteiger partial charge in [-0.1, -0.05) is 36.4 Å². The molecule has 0 bridgehead atoms. The predicted octanol–water partition coefficient (Wildman–Crippen LogP) is 4.13. The van der Waals surface area contributed by atoms with Crippen LogP contribution in [0.3, 0.4) is 0 Å². The summed E-state index contributed by atoms with van der Waals surface area (Å²) in [5.41, 5.74) is 2.03. The van der Waals surface area contributed by atoms with Gasteiger partial charge < -0.3 is 14.7 Å². The van der Waals surface area contributed by atoms with Gasteiger partial charge in [-0.3, -0.25) is 14.6 Å². The number of ketones is 1. The lowest BCUT2D eigenvalue weighted by Gasteiger charge is -2.25. The minimum Gasteiger partial charge on any atom is -0.503 e. The van der Waals surface area contributed by atoms with Gasteiger partial charge >= 0.3 is 0 Å². The highest BCUT2D eigenvalue weighted by molar-refractivity contribution is 7.17. The summed E-state index contributed by atoms with van der Waals surface area (Å²) < 4.78 is 5.11. The minimum absolute atomic E-state index is 0.0393. The van der Waals surface area contributed by atoms with E-state index in [9.17, 15) is 14.7 Å². The molecule has 4 rings (SSSR count). The summed E-state index contributed by atoms with van der Waals surface area (Å²) in [5, 5.41) is 11.5. The molecule has 3 aromatic rings. The molecule has 0 saturated heterocycles. The number of nitrogens with zero attached hydrogens (tertiary/aromatic N) is 3. The number of thiazole rings is 1. The summed E-state index contributed by atoms with van der Waals surface area (Å²) in [6.07, 6.45) is 2.17. The standard InChI is InChI=1S/C24H23N3O4S/c1-15-22(32-23(26-15)16-9-4-3-5-10-16)20(28)18-19(17-11-6-7-12-25-17)27(13-8-14-31-2)24(30)21(18)29/h3-7,9-12,19,29H,8,13-14H2,1-2H3. The van der Waals surface area contributed by atoms with Crippen molar-refractivity contribution in [2.45, 2.75) is 19.4 Å².